The predicted molar refractivity (Wildman–Crippen MR) is 435 cm³/mol. The molecule has 7 aromatic heterocycles. The van der Waals surface area contributed by atoms with Crippen LogP contribution in [0.15, 0.2) is 292 Å². The zero-order valence-corrected chi connectivity index (χ0v) is 51.9. The van der Waals surface area contributed by atoms with Gasteiger partial charge in [0.05, 0.1) is 22.1 Å². The molecule has 0 aliphatic heterocycles. The number of fused-ring (bicyclic) bond motifs is 30. The first-order chi connectivity index (χ1) is 64.4. The Morgan fingerprint density at radius 1 is 0.200 bits per heavy atom. The van der Waals surface area contributed by atoms with Crippen molar-refractivity contribution < 1.29 is 51.4 Å². The second kappa shape index (κ2) is 24.5. The van der Waals surface area contributed by atoms with Gasteiger partial charge in [0, 0.05) is 162 Å². The Labute approximate surface area is 602 Å². The van der Waals surface area contributed by atoms with Gasteiger partial charge in [-0.2, -0.15) is 0 Å². The van der Waals surface area contributed by atoms with Crippen LogP contribution in [0, 0.1) is 34.5 Å². The van der Waals surface area contributed by atoms with Crippen LogP contribution in [0.4, 0.5) is 0 Å². The van der Waals surface area contributed by atoms with Crippen molar-refractivity contribution in [3.63, 3.8) is 0 Å². The monoisotopic (exact) mass is 1280 g/mol. The number of pyridine rings is 7. The minimum Gasteiger partial charge on any atom is -0.264 e. The highest BCUT2D eigenvalue weighted by atomic mass is 14.7. The molecule has 0 saturated carbocycles. The average Bonchev–Trinajstić information content (AvgIpc) is 0.773. The fourth-order valence-electron chi connectivity index (χ4n) is 13.9. The molecule has 20 aromatic rings. The van der Waals surface area contributed by atoms with E-state index in [1.165, 1.54) is 86.2 Å². The summed E-state index contributed by atoms with van der Waals surface area (Å²) in [6.45, 7) is 1.51. The number of benzene rings is 13. The zero-order chi connectivity index (χ0) is 97.6. The summed E-state index contributed by atoms with van der Waals surface area (Å²) >= 11 is 0. The van der Waals surface area contributed by atoms with Gasteiger partial charge in [0.15, 0.2) is 0 Å². The SMILES string of the molecule is [2H]Cc1ccc2c(c1)c1cccnc1c1ncccc21.[2H]Cc1ccc2c3ccccc3c3cccnc3c2c1.[2H]Cc1ccc2c3ccccc3c3ccncc3c2c1.[2H]Cc1ccc2c3ccccc3c3ncccc3c2c1.[2H]Cc1ccc2c3ccncc3c3ccncc3c2c1.[2H][2H].[2H][2H].[2H][2H].[2H][2H].[2H][2H].[2H][2H].[2H][2H].[2H][2H].[2H][2H].[2H][2H].[2H][2H].[2H][2H].[2H][2H].[2H][2H].[2H][2H]. The maximum absolute atomic E-state index is 7.57. The molecule has 0 unspecified atom stereocenters. The van der Waals surface area contributed by atoms with Crippen LogP contribution in [-0.4, -0.2) is 34.9 Å². The molecule has 7 heterocycles. The van der Waals surface area contributed by atoms with E-state index in [-0.39, 0.29) is 0 Å². The third kappa shape index (κ3) is 10.5. The van der Waals surface area contributed by atoms with E-state index in [1.807, 2.05) is 110 Å². The van der Waals surface area contributed by atoms with Crippen molar-refractivity contribution in [2.45, 2.75) is 34.5 Å². The highest BCUT2D eigenvalue weighted by Gasteiger charge is 2.14. The van der Waals surface area contributed by atoms with Crippen molar-refractivity contribution in [2.75, 3.05) is 0 Å². The second-order valence-corrected chi connectivity index (χ2v) is 23.9. The van der Waals surface area contributed by atoms with E-state index < -0.39 is 0 Å². The van der Waals surface area contributed by atoms with Crippen molar-refractivity contribution in [1.29, 1.82) is 0 Å². The summed E-state index contributed by atoms with van der Waals surface area (Å²) in [5, 5.41) is 30.9. The summed E-state index contributed by atoms with van der Waals surface area (Å²) in [6.07, 6.45) is 18.5. The summed E-state index contributed by atoms with van der Waals surface area (Å²) in [5.74, 6) is 0. The van der Waals surface area contributed by atoms with Gasteiger partial charge in [0.2, 0.25) is 0 Å². The van der Waals surface area contributed by atoms with Gasteiger partial charge in [-0.05, 0) is 175 Å². The molecular formula is C88H93N7. The van der Waals surface area contributed by atoms with Gasteiger partial charge >= 0.3 is 0 Å². The molecule has 95 heavy (non-hydrogen) atoms. The molecule has 20 rings (SSSR count). The summed E-state index contributed by atoms with van der Waals surface area (Å²) in [5.41, 5.74) is 9.08. The Morgan fingerprint density at radius 2 is 0.421 bits per heavy atom. The summed E-state index contributed by atoms with van der Waals surface area (Å²) in [6, 6.07) is 79.0. The van der Waals surface area contributed by atoms with Gasteiger partial charge in [0.25, 0.3) is 0 Å². The van der Waals surface area contributed by atoms with E-state index in [4.69, 9.17) is 51.4 Å². The van der Waals surface area contributed by atoms with Crippen LogP contribution in [0.3, 0.4) is 0 Å². The largest absolute Gasteiger partial charge is 0.264 e. The number of nitrogens with zero attached hydrogens (tertiary/aromatic N) is 7. The van der Waals surface area contributed by atoms with Crippen molar-refractivity contribution in [2.24, 2.45) is 0 Å². The van der Waals surface area contributed by atoms with E-state index in [1.54, 1.807) is 12.4 Å². The van der Waals surface area contributed by atoms with Gasteiger partial charge in [-0.25, -0.2) is 0 Å². The number of aryl methyl sites for hydroxylation is 5. The van der Waals surface area contributed by atoms with E-state index in [0.29, 0.717) is 34.5 Å². The first-order valence-electron chi connectivity index (χ1n) is 50.0. The molecule has 0 atom stereocenters. The average molecular weight is 1280 g/mol. The predicted octanol–water partition coefficient (Wildman–Crippen LogP) is 26.7. The summed E-state index contributed by atoms with van der Waals surface area (Å²) in [4.78, 5) is 30.9. The molecule has 7 heteroatoms. The van der Waals surface area contributed by atoms with Crippen LogP contribution in [-0.2, 0) is 0 Å². The first-order valence-corrected chi connectivity index (χ1v) is 31.5. The van der Waals surface area contributed by atoms with Crippen LogP contribution in [0.2, 0.25) is 0 Å². The highest BCUT2D eigenvalue weighted by Crippen LogP contribution is 2.39. The summed E-state index contributed by atoms with van der Waals surface area (Å²) in [7, 11) is 0. The van der Waals surface area contributed by atoms with Gasteiger partial charge in [-0.1, -0.05) is 210 Å². The lowest BCUT2D eigenvalue weighted by Gasteiger charge is -2.10. The van der Waals surface area contributed by atoms with Crippen molar-refractivity contribution in [3.8, 4) is 0 Å². The lowest BCUT2D eigenvalue weighted by Crippen LogP contribution is -1.88. The van der Waals surface area contributed by atoms with Crippen LogP contribution in [0.25, 0.3) is 162 Å². The Morgan fingerprint density at radius 3 is 0.800 bits per heavy atom. The van der Waals surface area contributed by atoms with Crippen LogP contribution >= 0.6 is 0 Å². The molecule has 7 nitrogen and oxygen atoms in total. The van der Waals surface area contributed by atoms with Gasteiger partial charge in [-0.15, -0.1) is 0 Å². The molecule has 0 amide bonds. The second-order valence-electron chi connectivity index (χ2n) is 23.9. The Kier molecular flexibility index (Phi) is 10.3. The lowest BCUT2D eigenvalue weighted by molar-refractivity contribution is 1.36. The molecule has 0 bridgehead atoms. The number of rotatable bonds is 0. The normalized spacial score (nSPS) is 13.4. The summed E-state index contributed by atoms with van der Waals surface area (Å²) < 4.78 is 188. The third-order valence-corrected chi connectivity index (χ3v) is 18.1. The Balaban J connectivity index is 0.000000756. The van der Waals surface area contributed by atoms with E-state index >= 15 is 0 Å². The van der Waals surface area contributed by atoms with Crippen molar-refractivity contribution >= 4 is 162 Å². The minimum atomic E-state index is 0.294. The molecule has 0 spiro atoms. The molecule has 0 saturated heterocycles. The molecule has 0 fully saturated rings. The number of aromatic nitrogens is 7. The fourth-order valence-corrected chi connectivity index (χ4v) is 13.9. The lowest BCUT2D eigenvalue weighted by atomic mass is 9.94. The quantitative estimate of drug-likeness (QED) is 0.140. The van der Waals surface area contributed by atoms with Gasteiger partial charge < -0.3 is 0 Å². The van der Waals surface area contributed by atoms with E-state index in [0.717, 1.165) is 104 Å². The molecule has 0 radical (unpaired) electrons. The van der Waals surface area contributed by atoms with Crippen molar-refractivity contribution in [3.05, 3.63) is 320 Å². The Bertz CT molecular complexity index is 5550. The molecule has 13 aromatic carbocycles. The number of hydrogen-bond acceptors (Lipinski definition) is 7. The van der Waals surface area contributed by atoms with E-state index in [9.17, 15) is 0 Å². The van der Waals surface area contributed by atoms with Crippen LogP contribution in [0.5, 0.6) is 0 Å². The fraction of sp³-hybridized carbons (Fsp3) is 0.0568. The number of hydrogen-bond donors (Lipinski definition) is 0. The smallest absolute Gasteiger partial charge is 0.0970 e. The zero-order valence-electron chi connectivity index (χ0n) is 86.9. The van der Waals surface area contributed by atoms with Gasteiger partial charge in [0.1, 0.15) is 0 Å². The molecule has 0 aliphatic carbocycles. The molecule has 0 aliphatic rings. The first kappa shape index (κ1) is 39.9. The highest BCUT2D eigenvalue weighted by molar-refractivity contribution is 6.28. The standard InChI is InChI=1S/3C18H13N.2C17H12N2.15H2/c1-12-8-9-14-13-5-2-3-6-15(13)18-16(17(14)11-12)7-4-10-19-18;1-12-8-9-15-13-5-2-3-6-14(13)16-7-4-10-19-18(16)17(15)11-12;1-12-6-7-15-13-4-2-3-5-14(13)16-8-9-19-11-18(16)17(15)10-12;1-11-6-7-12-13-4-2-8-18-16(13)17-14(15(12)10-11)5-3-9-19-17;1-11-2-3-12-13-4-6-18-9-16(13)14-5-7-19-10-17(14)15(12)8-11;;;;;;;;;;;;;;;/h3*2-11H,1H3;2*2-10H,1H3;15*1H/i5*1D;15*1+1D. The molecule has 0 N–H and O–H groups in total. The Hall–Kier alpha value is -12.2. The van der Waals surface area contributed by atoms with Gasteiger partial charge in [-0.3, -0.25) is 34.9 Å². The molecule has 480 valence electrons. The van der Waals surface area contributed by atoms with Crippen molar-refractivity contribution in [1.82, 2.24) is 34.9 Å². The van der Waals surface area contributed by atoms with Crippen LogP contribution in [0.1, 0.15) is 79.2 Å². The van der Waals surface area contributed by atoms with Crippen LogP contribution < -0.4 is 0 Å². The maximum atomic E-state index is 7.57. The van der Waals surface area contributed by atoms with E-state index in [2.05, 4.69) is 205 Å². The maximum Gasteiger partial charge on any atom is 0.0970 e. The topological polar surface area (TPSA) is 90.2 Å². The minimum absolute atomic E-state index is 0.294. The molecular weight excluding hydrogens is 1160 g/mol. The third-order valence-electron chi connectivity index (χ3n) is 18.1.